The summed E-state index contributed by atoms with van der Waals surface area (Å²) in [6.45, 7) is 1.92. The van der Waals surface area contributed by atoms with Crippen molar-refractivity contribution in [1.29, 1.82) is 0 Å². The van der Waals surface area contributed by atoms with Crippen LogP contribution < -0.4 is 10.9 Å². The Balaban J connectivity index is 1.70. The highest BCUT2D eigenvalue weighted by Crippen LogP contribution is 2.17. The first-order valence-corrected chi connectivity index (χ1v) is 7.76. The van der Waals surface area contributed by atoms with E-state index in [9.17, 15) is 9.59 Å². The zero-order valence-electron chi connectivity index (χ0n) is 13.4. The second-order valence-corrected chi connectivity index (χ2v) is 5.77. The van der Waals surface area contributed by atoms with Gasteiger partial charge in [-0.1, -0.05) is 6.07 Å². The molecule has 1 N–H and O–H groups in total. The van der Waals surface area contributed by atoms with Gasteiger partial charge < -0.3 is 5.32 Å². The van der Waals surface area contributed by atoms with Crippen LogP contribution in [0.15, 0.2) is 65.8 Å². The number of nitrogens with zero attached hydrogens (tertiary/aromatic N) is 3. The Bertz CT molecular complexity index is 1180. The first-order chi connectivity index (χ1) is 12.1. The summed E-state index contributed by atoms with van der Waals surface area (Å²) in [5.74, 6) is -0.490. The van der Waals surface area contributed by atoms with Crippen molar-refractivity contribution in [3.05, 3.63) is 82.5 Å². The van der Waals surface area contributed by atoms with Crippen LogP contribution in [-0.2, 0) is 0 Å². The molecule has 122 valence electrons. The number of benzene rings is 1. The minimum Gasteiger partial charge on any atom is -0.322 e. The SMILES string of the molecule is Cc1ccn2c(=O)c(C(=O)Nc3ccc4ncccc4c3)cnc2c1. The van der Waals surface area contributed by atoms with E-state index in [1.807, 2.05) is 31.2 Å². The van der Waals surface area contributed by atoms with Crippen LogP contribution in [0.4, 0.5) is 5.69 Å². The number of anilines is 1. The molecule has 25 heavy (non-hydrogen) atoms. The highest BCUT2D eigenvalue weighted by molar-refractivity contribution is 6.04. The molecule has 4 aromatic rings. The van der Waals surface area contributed by atoms with Gasteiger partial charge in [-0.05, 0) is 48.9 Å². The number of fused-ring (bicyclic) bond motifs is 2. The molecule has 0 unspecified atom stereocenters. The molecule has 1 aromatic carbocycles. The van der Waals surface area contributed by atoms with Gasteiger partial charge in [0.15, 0.2) is 0 Å². The molecular formula is C19H14N4O2. The average molecular weight is 330 g/mol. The van der Waals surface area contributed by atoms with E-state index in [4.69, 9.17) is 0 Å². The Labute approximate surface area is 142 Å². The summed E-state index contributed by atoms with van der Waals surface area (Å²) < 4.78 is 1.37. The second-order valence-electron chi connectivity index (χ2n) is 5.77. The van der Waals surface area contributed by atoms with Crippen molar-refractivity contribution in [2.75, 3.05) is 5.32 Å². The van der Waals surface area contributed by atoms with Crippen molar-refractivity contribution in [3.63, 3.8) is 0 Å². The molecule has 0 spiro atoms. The molecule has 0 fully saturated rings. The van der Waals surface area contributed by atoms with Gasteiger partial charge in [0.1, 0.15) is 11.2 Å². The molecule has 4 rings (SSSR count). The van der Waals surface area contributed by atoms with Gasteiger partial charge in [0.25, 0.3) is 11.5 Å². The molecule has 3 aromatic heterocycles. The van der Waals surface area contributed by atoms with Crippen molar-refractivity contribution in [2.24, 2.45) is 0 Å². The maximum absolute atomic E-state index is 12.5. The summed E-state index contributed by atoms with van der Waals surface area (Å²) in [4.78, 5) is 33.5. The molecule has 0 atom stereocenters. The van der Waals surface area contributed by atoms with Gasteiger partial charge >= 0.3 is 0 Å². The predicted octanol–water partition coefficient (Wildman–Crippen LogP) is 2.80. The van der Waals surface area contributed by atoms with Crippen LogP contribution in [-0.4, -0.2) is 20.3 Å². The number of aryl methyl sites for hydroxylation is 1. The van der Waals surface area contributed by atoms with E-state index in [-0.39, 0.29) is 5.56 Å². The number of amides is 1. The minimum absolute atomic E-state index is 0.00682. The summed E-state index contributed by atoms with van der Waals surface area (Å²) >= 11 is 0. The lowest BCUT2D eigenvalue weighted by Gasteiger charge is -2.07. The minimum atomic E-state index is -0.490. The Kier molecular flexibility index (Phi) is 3.50. The van der Waals surface area contributed by atoms with E-state index in [1.54, 1.807) is 30.6 Å². The number of pyridine rings is 2. The third kappa shape index (κ3) is 2.74. The Morgan fingerprint density at radius 1 is 1.12 bits per heavy atom. The molecule has 0 saturated carbocycles. The van der Waals surface area contributed by atoms with Gasteiger partial charge in [0.05, 0.1) is 5.52 Å². The van der Waals surface area contributed by atoms with Crippen molar-refractivity contribution in [1.82, 2.24) is 14.4 Å². The zero-order chi connectivity index (χ0) is 17.4. The fourth-order valence-corrected chi connectivity index (χ4v) is 2.68. The van der Waals surface area contributed by atoms with Crippen LogP contribution in [0.3, 0.4) is 0 Å². The molecule has 3 heterocycles. The van der Waals surface area contributed by atoms with Crippen LogP contribution in [0.25, 0.3) is 16.6 Å². The van der Waals surface area contributed by atoms with Gasteiger partial charge in [-0.3, -0.25) is 19.0 Å². The van der Waals surface area contributed by atoms with Crippen molar-refractivity contribution >= 4 is 28.1 Å². The quantitative estimate of drug-likeness (QED) is 0.613. The van der Waals surface area contributed by atoms with Crippen LogP contribution in [0.1, 0.15) is 15.9 Å². The molecule has 0 bridgehead atoms. The van der Waals surface area contributed by atoms with Gasteiger partial charge in [0.2, 0.25) is 0 Å². The smallest absolute Gasteiger partial charge is 0.270 e. The third-order valence-corrected chi connectivity index (χ3v) is 3.97. The average Bonchev–Trinajstić information content (AvgIpc) is 2.61. The molecule has 1 amide bonds. The topological polar surface area (TPSA) is 76.4 Å². The molecule has 6 nitrogen and oxygen atoms in total. The Morgan fingerprint density at radius 2 is 2.00 bits per heavy atom. The normalized spacial score (nSPS) is 10.9. The van der Waals surface area contributed by atoms with E-state index < -0.39 is 11.5 Å². The number of carbonyl (C=O) groups is 1. The van der Waals surface area contributed by atoms with Crippen molar-refractivity contribution in [2.45, 2.75) is 6.92 Å². The summed E-state index contributed by atoms with van der Waals surface area (Å²) in [5, 5.41) is 3.65. The molecular weight excluding hydrogens is 316 g/mol. The zero-order valence-corrected chi connectivity index (χ0v) is 13.4. The van der Waals surface area contributed by atoms with Gasteiger partial charge in [-0.2, -0.15) is 0 Å². The van der Waals surface area contributed by atoms with Crippen molar-refractivity contribution < 1.29 is 4.79 Å². The van der Waals surface area contributed by atoms with Gasteiger partial charge in [-0.25, -0.2) is 4.98 Å². The van der Waals surface area contributed by atoms with Crippen LogP contribution >= 0.6 is 0 Å². The van der Waals surface area contributed by atoms with E-state index >= 15 is 0 Å². The molecule has 0 aliphatic heterocycles. The predicted molar refractivity (Wildman–Crippen MR) is 95.9 cm³/mol. The maximum Gasteiger partial charge on any atom is 0.270 e. The molecule has 0 radical (unpaired) electrons. The highest BCUT2D eigenvalue weighted by Gasteiger charge is 2.14. The van der Waals surface area contributed by atoms with Crippen molar-refractivity contribution in [3.8, 4) is 0 Å². The van der Waals surface area contributed by atoms with Crippen LogP contribution in [0, 0.1) is 6.92 Å². The van der Waals surface area contributed by atoms with Crippen LogP contribution in [0.5, 0.6) is 0 Å². The molecule has 0 saturated heterocycles. The second kappa shape index (κ2) is 5.83. The number of nitrogens with one attached hydrogen (secondary N) is 1. The number of hydrogen-bond acceptors (Lipinski definition) is 4. The fourth-order valence-electron chi connectivity index (χ4n) is 2.68. The standard InChI is InChI=1S/C19H14N4O2/c1-12-6-8-23-17(9-12)21-11-15(19(23)25)18(24)22-14-4-5-16-13(10-14)3-2-7-20-16/h2-11H,1H3,(H,22,24). The number of carbonyl (C=O) groups excluding carboxylic acids is 1. The lowest BCUT2D eigenvalue weighted by molar-refractivity contribution is 0.102. The van der Waals surface area contributed by atoms with E-state index in [0.717, 1.165) is 16.5 Å². The van der Waals surface area contributed by atoms with E-state index in [2.05, 4.69) is 15.3 Å². The first-order valence-electron chi connectivity index (χ1n) is 7.76. The summed E-state index contributed by atoms with van der Waals surface area (Å²) in [6, 6.07) is 12.7. The van der Waals surface area contributed by atoms with Crippen LogP contribution in [0.2, 0.25) is 0 Å². The Hall–Kier alpha value is -3.54. The number of rotatable bonds is 2. The molecule has 0 aliphatic rings. The number of hydrogen-bond donors (Lipinski definition) is 1. The largest absolute Gasteiger partial charge is 0.322 e. The lowest BCUT2D eigenvalue weighted by Crippen LogP contribution is -2.26. The van der Waals surface area contributed by atoms with Gasteiger partial charge in [-0.15, -0.1) is 0 Å². The first kappa shape index (κ1) is 15.0. The third-order valence-electron chi connectivity index (χ3n) is 3.97. The Morgan fingerprint density at radius 3 is 2.88 bits per heavy atom. The van der Waals surface area contributed by atoms with E-state index in [1.165, 1.54) is 10.6 Å². The summed E-state index contributed by atoms with van der Waals surface area (Å²) in [7, 11) is 0. The lowest BCUT2D eigenvalue weighted by atomic mass is 10.2. The monoisotopic (exact) mass is 330 g/mol. The summed E-state index contributed by atoms with van der Waals surface area (Å²) in [5.41, 5.74) is 2.53. The fraction of sp³-hybridized carbons (Fsp3) is 0.0526. The number of aromatic nitrogens is 3. The molecule has 0 aliphatic carbocycles. The molecule has 6 heteroatoms. The maximum atomic E-state index is 12.5. The van der Waals surface area contributed by atoms with E-state index in [0.29, 0.717) is 11.3 Å². The van der Waals surface area contributed by atoms with Gasteiger partial charge in [0, 0.05) is 29.7 Å². The highest BCUT2D eigenvalue weighted by atomic mass is 16.2. The summed E-state index contributed by atoms with van der Waals surface area (Å²) in [6.07, 6.45) is 4.65.